The van der Waals surface area contributed by atoms with Crippen LogP contribution in [0.15, 0.2) is 0 Å². The zero-order chi connectivity index (χ0) is 12.8. The molecule has 0 saturated carbocycles. The van der Waals surface area contributed by atoms with Crippen molar-refractivity contribution in [2.75, 3.05) is 14.1 Å². The van der Waals surface area contributed by atoms with Gasteiger partial charge in [-0.3, -0.25) is 9.59 Å². The summed E-state index contributed by atoms with van der Waals surface area (Å²) in [6, 6.07) is 0. The molecule has 0 spiro atoms. The van der Waals surface area contributed by atoms with Gasteiger partial charge in [-0.1, -0.05) is 26.7 Å². The summed E-state index contributed by atoms with van der Waals surface area (Å²) < 4.78 is 0. The van der Waals surface area contributed by atoms with Crippen LogP contribution in [0.4, 0.5) is 0 Å². The second kappa shape index (κ2) is 13.9. The van der Waals surface area contributed by atoms with Gasteiger partial charge in [0.2, 0.25) is 11.8 Å². The van der Waals surface area contributed by atoms with E-state index in [9.17, 15) is 9.59 Å². The minimum absolute atomic E-state index is 0.0938. The molecule has 4 nitrogen and oxygen atoms in total. The summed E-state index contributed by atoms with van der Waals surface area (Å²) >= 11 is 0. The smallest absolute Gasteiger partial charge is 0.219 e. The van der Waals surface area contributed by atoms with Crippen molar-refractivity contribution in [3.8, 4) is 0 Å². The van der Waals surface area contributed by atoms with E-state index in [4.69, 9.17) is 0 Å². The highest BCUT2D eigenvalue weighted by atomic mass is 16.2. The second-order valence-corrected chi connectivity index (χ2v) is 3.26. The summed E-state index contributed by atoms with van der Waals surface area (Å²) in [6.07, 6.45) is 5.04. The molecular formula is C12H26N2O2. The van der Waals surface area contributed by atoms with Crippen LogP contribution in [0.1, 0.15) is 52.4 Å². The molecule has 0 heterocycles. The van der Waals surface area contributed by atoms with Crippen LogP contribution in [-0.2, 0) is 9.59 Å². The lowest BCUT2D eigenvalue weighted by atomic mass is 10.1. The topological polar surface area (TPSA) is 58.2 Å². The summed E-state index contributed by atoms with van der Waals surface area (Å²) in [5, 5.41) is 5.16. The molecule has 16 heavy (non-hydrogen) atoms. The number of rotatable bonds is 7. The molecule has 0 unspecified atom stereocenters. The van der Waals surface area contributed by atoms with E-state index < -0.39 is 0 Å². The third kappa shape index (κ3) is 12.9. The Morgan fingerprint density at radius 3 is 1.31 bits per heavy atom. The Morgan fingerprint density at radius 1 is 0.750 bits per heavy atom. The standard InChI is InChI=1S/C10H20N2O2.C2H6/c1-11-9(13)7-5-3-4-6-8-10(14)12-2;1-2/h3-8H2,1-2H3,(H,11,13)(H,12,14);1-2H3. The molecule has 0 radical (unpaired) electrons. The lowest BCUT2D eigenvalue weighted by Crippen LogP contribution is -2.17. The van der Waals surface area contributed by atoms with Crippen molar-refractivity contribution in [3.63, 3.8) is 0 Å². The maximum atomic E-state index is 10.8. The van der Waals surface area contributed by atoms with Crippen molar-refractivity contribution >= 4 is 11.8 Å². The molecule has 0 aromatic rings. The van der Waals surface area contributed by atoms with Crippen molar-refractivity contribution in [2.24, 2.45) is 0 Å². The molecule has 2 amide bonds. The van der Waals surface area contributed by atoms with Crippen molar-refractivity contribution in [1.82, 2.24) is 10.6 Å². The highest BCUT2D eigenvalue weighted by Gasteiger charge is 1.99. The Morgan fingerprint density at radius 2 is 1.06 bits per heavy atom. The lowest BCUT2D eigenvalue weighted by molar-refractivity contribution is -0.121. The van der Waals surface area contributed by atoms with Crippen molar-refractivity contribution in [3.05, 3.63) is 0 Å². The molecule has 0 fully saturated rings. The predicted octanol–water partition coefficient (Wildman–Crippen LogP) is 1.85. The van der Waals surface area contributed by atoms with E-state index in [1.807, 2.05) is 13.8 Å². The maximum absolute atomic E-state index is 10.8. The third-order valence-electron chi connectivity index (χ3n) is 2.12. The minimum atomic E-state index is 0.0938. The molecule has 0 atom stereocenters. The highest BCUT2D eigenvalue weighted by Crippen LogP contribution is 2.04. The van der Waals surface area contributed by atoms with E-state index in [-0.39, 0.29) is 11.8 Å². The molecule has 2 N–H and O–H groups in total. The summed E-state index contributed by atoms with van der Waals surface area (Å²) in [6.45, 7) is 4.00. The largest absolute Gasteiger partial charge is 0.359 e. The van der Waals surface area contributed by atoms with Gasteiger partial charge in [0.1, 0.15) is 0 Å². The summed E-state index contributed by atoms with van der Waals surface area (Å²) in [7, 11) is 3.29. The molecule has 96 valence electrons. The Hall–Kier alpha value is -1.06. The van der Waals surface area contributed by atoms with Crippen LogP contribution in [0.3, 0.4) is 0 Å². The number of carbonyl (C=O) groups is 2. The fourth-order valence-electron chi connectivity index (χ4n) is 1.17. The number of nitrogens with one attached hydrogen (secondary N) is 2. The van der Waals surface area contributed by atoms with Gasteiger partial charge in [-0.25, -0.2) is 0 Å². The van der Waals surface area contributed by atoms with E-state index in [1.165, 1.54) is 0 Å². The van der Waals surface area contributed by atoms with Crippen LogP contribution < -0.4 is 10.6 Å². The van der Waals surface area contributed by atoms with E-state index in [2.05, 4.69) is 10.6 Å². The second-order valence-electron chi connectivity index (χ2n) is 3.26. The molecule has 0 aromatic carbocycles. The molecule has 0 bridgehead atoms. The Bertz CT molecular complexity index is 162. The van der Waals surface area contributed by atoms with Gasteiger partial charge in [0.15, 0.2) is 0 Å². The van der Waals surface area contributed by atoms with Gasteiger partial charge in [-0.15, -0.1) is 0 Å². The molecule has 0 rings (SSSR count). The highest BCUT2D eigenvalue weighted by molar-refractivity contribution is 5.75. The minimum Gasteiger partial charge on any atom is -0.359 e. The molecule has 0 saturated heterocycles. The first-order valence-electron chi connectivity index (χ1n) is 6.12. The zero-order valence-corrected chi connectivity index (χ0v) is 11.1. The van der Waals surface area contributed by atoms with Crippen LogP contribution in [0.25, 0.3) is 0 Å². The van der Waals surface area contributed by atoms with Crippen molar-refractivity contribution < 1.29 is 9.59 Å². The predicted molar refractivity (Wildman–Crippen MR) is 67.2 cm³/mol. The van der Waals surface area contributed by atoms with Gasteiger partial charge in [0.05, 0.1) is 0 Å². The van der Waals surface area contributed by atoms with E-state index in [1.54, 1.807) is 14.1 Å². The Kier molecular flexibility index (Phi) is 15.1. The van der Waals surface area contributed by atoms with Gasteiger partial charge >= 0.3 is 0 Å². The van der Waals surface area contributed by atoms with Gasteiger partial charge < -0.3 is 10.6 Å². The summed E-state index contributed by atoms with van der Waals surface area (Å²) in [5.74, 6) is 0.188. The quantitative estimate of drug-likeness (QED) is 0.656. The van der Waals surface area contributed by atoms with Crippen molar-refractivity contribution in [2.45, 2.75) is 52.4 Å². The molecule has 0 aliphatic heterocycles. The Labute approximate surface area is 99.2 Å². The van der Waals surface area contributed by atoms with Crippen LogP contribution in [0.5, 0.6) is 0 Å². The number of amides is 2. The van der Waals surface area contributed by atoms with Gasteiger partial charge in [-0.05, 0) is 12.8 Å². The first kappa shape index (κ1) is 17.3. The van der Waals surface area contributed by atoms with E-state index >= 15 is 0 Å². The summed E-state index contributed by atoms with van der Waals surface area (Å²) in [4.78, 5) is 21.6. The normalized spacial score (nSPS) is 8.75. The number of unbranched alkanes of at least 4 members (excludes halogenated alkanes) is 3. The molecular weight excluding hydrogens is 204 g/mol. The number of hydrogen-bond donors (Lipinski definition) is 2. The summed E-state index contributed by atoms with van der Waals surface area (Å²) in [5.41, 5.74) is 0. The van der Waals surface area contributed by atoms with Crippen LogP contribution in [-0.4, -0.2) is 25.9 Å². The van der Waals surface area contributed by atoms with Gasteiger partial charge in [-0.2, -0.15) is 0 Å². The Balaban J connectivity index is 0. The van der Waals surface area contributed by atoms with E-state index in [0.29, 0.717) is 12.8 Å². The SMILES string of the molecule is CC.CNC(=O)CCCCCCC(=O)NC. The monoisotopic (exact) mass is 230 g/mol. The van der Waals surface area contributed by atoms with Crippen LogP contribution in [0.2, 0.25) is 0 Å². The molecule has 4 heteroatoms. The average Bonchev–Trinajstić information content (AvgIpc) is 2.35. The first-order chi connectivity index (χ1) is 7.70. The first-order valence-corrected chi connectivity index (χ1v) is 6.12. The third-order valence-corrected chi connectivity index (χ3v) is 2.12. The number of hydrogen-bond acceptors (Lipinski definition) is 2. The molecule has 0 aromatic heterocycles. The van der Waals surface area contributed by atoms with Gasteiger partial charge in [0, 0.05) is 26.9 Å². The average molecular weight is 230 g/mol. The fraction of sp³-hybridized carbons (Fsp3) is 0.833. The number of carbonyl (C=O) groups excluding carboxylic acids is 2. The molecule has 0 aliphatic carbocycles. The lowest BCUT2D eigenvalue weighted by Gasteiger charge is -2.01. The van der Waals surface area contributed by atoms with E-state index in [0.717, 1.165) is 25.7 Å². The van der Waals surface area contributed by atoms with Crippen molar-refractivity contribution in [1.29, 1.82) is 0 Å². The van der Waals surface area contributed by atoms with Gasteiger partial charge in [0.25, 0.3) is 0 Å². The maximum Gasteiger partial charge on any atom is 0.219 e. The fourth-order valence-corrected chi connectivity index (χ4v) is 1.17. The van der Waals surface area contributed by atoms with Crippen LogP contribution in [0, 0.1) is 0 Å². The molecule has 0 aliphatic rings. The van der Waals surface area contributed by atoms with Crippen LogP contribution >= 0.6 is 0 Å². The zero-order valence-electron chi connectivity index (χ0n) is 11.1.